The van der Waals surface area contributed by atoms with Crippen LogP contribution in [0.5, 0.6) is 5.75 Å². The van der Waals surface area contributed by atoms with Gasteiger partial charge in [0, 0.05) is 17.0 Å². The van der Waals surface area contributed by atoms with Crippen LogP contribution >= 0.6 is 23.7 Å². The number of nitrogens with one attached hydrogen (secondary N) is 2. The highest BCUT2D eigenvalue weighted by atomic mass is 35.5. The van der Waals surface area contributed by atoms with Crippen molar-refractivity contribution in [2.24, 2.45) is 5.92 Å². The zero-order valence-electron chi connectivity index (χ0n) is 13.5. The fourth-order valence-electron chi connectivity index (χ4n) is 2.71. The van der Waals surface area contributed by atoms with Gasteiger partial charge >= 0.3 is 0 Å². The summed E-state index contributed by atoms with van der Waals surface area (Å²) in [6.45, 7) is 3.35. The number of amides is 1. The van der Waals surface area contributed by atoms with Gasteiger partial charge in [-0.15, -0.1) is 23.7 Å². The van der Waals surface area contributed by atoms with Gasteiger partial charge in [0.2, 0.25) is 0 Å². The van der Waals surface area contributed by atoms with Crippen molar-refractivity contribution in [3.8, 4) is 5.75 Å². The first-order chi connectivity index (χ1) is 11.3. The highest BCUT2D eigenvalue weighted by Crippen LogP contribution is 2.17. The van der Waals surface area contributed by atoms with Gasteiger partial charge in [-0.3, -0.25) is 4.79 Å². The van der Waals surface area contributed by atoms with E-state index in [-0.39, 0.29) is 18.3 Å². The maximum Gasteiger partial charge on any atom is 0.251 e. The summed E-state index contributed by atoms with van der Waals surface area (Å²) in [6.07, 6.45) is 2.36. The number of rotatable bonds is 6. The molecule has 1 aliphatic heterocycles. The summed E-state index contributed by atoms with van der Waals surface area (Å²) in [5.74, 6) is 1.23. The molecule has 1 saturated heterocycles. The van der Waals surface area contributed by atoms with E-state index in [1.165, 1.54) is 17.7 Å². The van der Waals surface area contributed by atoms with Crippen LogP contribution in [-0.2, 0) is 6.61 Å². The largest absolute Gasteiger partial charge is 0.488 e. The van der Waals surface area contributed by atoms with Crippen molar-refractivity contribution in [2.75, 3.05) is 19.6 Å². The van der Waals surface area contributed by atoms with Crippen LogP contribution < -0.4 is 15.4 Å². The van der Waals surface area contributed by atoms with E-state index in [1.807, 2.05) is 41.8 Å². The molecule has 1 aromatic carbocycles. The van der Waals surface area contributed by atoms with Crippen molar-refractivity contribution in [1.82, 2.24) is 10.6 Å². The average Bonchev–Trinajstić information content (AvgIpc) is 3.12. The van der Waals surface area contributed by atoms with Gasteiger partial charge < -0.3 is 15.4 Å². The van der Waals surface area contributed by atoms with Crippen LogP contribution in [0.1, 0.15) is 28.1 Å². The normalized spacial score (nSPS) is 16.9. The molecular formula is C18H23ClN2O2S. The van der Waals surface area contributed by atoms with E-state index >= 15 is 0 Å². The van der Waals surface area contributed by atoms with Gasteiger partial charge in [-0.1, -0.05) is 12.1 Å². The molecule has 0 radical (unpaired) electrons. The Morgan fingerprint density at radius 2 is 2.25 bits per heavy atom. The lowest BCUT2D eigenvalue weighted by atomic mass is 9.99. The molecule has 2 heterocycles. The van der Waals surface area contributed by atoms with Crippen LogP contribution in [-0.4, -0.2) is 25.5 Å². The van der Waals surface area contributed by atoms with Gasteiger partial charge in [0.15, 0.2) is 0 Å². The highest BCUT2D eigenvalue weighted by molar-refractivity contribution is 7.09. The van der Waals surface area contributed by atoms with E-state index in [0.717, 1.165) is 25.4 Å². The summed E-state index contributed by atoms with van der Waals surface area (Å²) >= 11 is 1.67. The number of ether oxygens (including phenoxy) is 1. The molecule has 1 aliphatic rings. The number of piperidine rings is 1. The first-order valence-electron chi connectivity index (χ1n) is 8.05. The highest BCUT2D eigenvalue weighted by Gasteiger charge is 2.14. The molecule has 0 spiro atoms. The zero-order valence-corrected chi connectivity index (χ0v) is 15.1. The summed E-state index contributed by atoms with van der Waals surface area (Å²) in [5, 5.41) is 8.43. The minimum atomic E-state index is -0.0304. The predicted molar refractivity (Wildman–Crippen MR) is 100 cm³/mol. The van der Waals surface area contributed by atoms with E-state index in [0.29, 0.717) is 18.1 Å². The first-order valence-corrected chi connectivity index (χ1v) is 8.93. The first kappa shape index (κ1) is 18.8. The number of benzene rings is 1. The Hall–Kier alpha value is -1.56. The summed E-state index contributed by atoms with van der Waals surface area (Å²) in [4.78, 5) is 13.5. The second kappa shape index (κ2) is 9.67. The fraction of sp³-hybridized carbons (Fsp3) is 0.389. The molecular weight excluding hydrogens is 344 g/mol. The molecule has 0 bridgehead atoms. The topological polar surface area (TPSA) is 50.4 Å². The maximum absolute atomic E-state index is 12.3. The lowest BCUT2D eigenvalue weighted by Crippen LogP contribution is -2.38. The Kier molecular flexibility index (Phi) is 7.56. The fourth-order valence-corrected chi connectivity index (χ4v) is 3.33. The molecule has 2 aromatic rings. The van der Waals surface area contributed by atoms with Crippen molar-refractivity contribution in [2.45, 2.75) is 19.4 Å². The summed E-state index contributed by atoms with van der Waals surface area (Å²) < 4.78 is 5.76. The quantitative estimate of drug-likeness (QED) is 0.822. The Labute approximate surface area is 153 Å². The second-order valence-corrected chi connectivity index (χ2v) is 6.85. The monoisotopic (exact) mass is 366 g/mol. The van der Waals surface area contributed by atoms with Gasteiger partial charge in [-0.2, -0.15) is 0 Å². The number of carbonyl (C=O) groups is 1. The average molecular weight is 367 g/mol. The molecule has 130 valence electrons. The van der Waals surface area contributed by atoms with Gasteiger partial charge in [-0.05, 0) is 61.5 Å². The van der Waals surface area contributed by atoms with E-state index in [1.54, 1.807) is 11.3 Å². The molecule has 3 rings (SSSR count). The third kappa shape index (κ3) is 5.51. The Balaban J connectivity index is 0.00000208. The molecule has 0 saturated carbocycles. The summed E-state index contributed by atoms with van der Waals surface area (Å²) in [7, 11) is 0. The SMILES string of the molecule is Cl.O=C(NCC1CCCNC1)c1cccc(OCc2cccs2)c1. The van der Waals surface area contributed by atoms with Crippen LogP contribution in [0.25, 0.3) is 0 Å². The predicted octanol–water partition coefficient (Wildman–Crippen LogP) is 3.48. The number of hydrogen-bond donors (Lipinski definition) is 2. The van der Waals surface area contributed by atoms with E-state index < -0.39 is 0 Å². The second-order valence-electron chi connectivity index (χ2n) is 5.82. The lowest BCUT2D eigenvalue weighted by Gasteiger charge is -2.22. The van der Waals surface area contributed by atoms with E-state index in [2.05, 4.69) is 10.6 Å². The molecule has 1 aromatic heterocycles. The number of hydrogen-bond acceptors (Lipinski definition) is 4. The summed E-state index contributed by atoms with van der Waals surface area (Å²) in [5.41, 5.74) is 0.650. The van der Waals surface area contributed by atoms with Crippen molar-refractivity contribution in [1.29, 1.82) is 0 Å². The van der Waals surface area contributed by atoms with Crippen LogP contribution in [0.15, 0.2) is 41.8 Å². The Morgan fingerprint density at radius 3 is 3.00 bits per heavy atom. The van der Waals surface area contributed by atoms with E-state index in [9.17, 15) is 4.79 Å². The molecule has 1 amide bonds. The number of carbonyl (C=O) groups excluding carboxylic acids is 1. The van der Waals surface area contributed by atoms with Gasteiger partial charge in [0.25, 0.3) is 5.91 Å². The molecule has 4 nitrogen and oxygen atoms in total. The minimum absolute atomic E-state index is 0. The standard InChI is InChI=1S/C18H22N2O2S.ClH/c21-18(20-12-14-4-2-8-19-11-14)15-5-1-6-16(10-15)22-13-17-7-3-9-23-17;/h1,3,5-7,9-10,14,19H,2,4,8,11-13H2,(H,20,21);1H. The van der Waals surface area contributed by atoms with Crippen molar-refractivity contribution in [3.05, 3.63) is 52.2 Å². The number of halogens is 1. The summed E-state index contributed by atoms with van der Waals surface area (Å²) in [6, 6.07) is 11.4. The molecule has 1 unspecified atom stereocenters. The number of thiophene rings is 1. The van der Waals surface area contributed by atoms with Crippen molar-refractivity contribution in [3.63, 3.8) is 0 Å². The van der Waals surface area contributed by atoms with Crippen molar-refractivity contribution < 1.29 is 9.53 Å². The van der Waals surface area contributed by atoms with Gasteiger partial charge in [0.1, 0.15) is 12.4 Å². The molecule has 1 fully saturated rings. The zero-order chi connectivity index (χ0) is 15.9. The van der Waals surface area contributed by atoms with Gasteiger partial charge in [-0.25, -0.2) is 0 Å². The minimum Gasteiger partial charge on any atom is -0.488 e. The lowest BCUT2D eigenvalue weighted by molar-refractivity contribution is 0.0944. The molecule has 1 atom stereocenters. The third-order valence-corrected chi connectivity index (χ3v) is 4.86. The van der Waals surface area contributed by atoms with Crippen LogP contribution in [0.2, 0.25) is 0 Å². The molecule has 0 aliphatic carbocycles. The smallest absolute Gasteiger partial charge is 0.251 e. The maximum atomic E-state index is 12.3. The van der Waals surface area contributed by atoms with Crippen LogP contribution in [0.4, 0.5) is 0 Å². The molecule has 2 N–H and O–H groups in total. The Morgan fingerprint density at radius 1 is 1.33 bits per heavy atom. The van der Waals surface area contributed by atoms with Crippen molar-refractivity contribution >= 4 is 29.7 Å². The molecule has 6 heteroatoms. The molecule has 24 heavy (non-hydrogen) atoms. The third-order valence-electron chi connectivity index (χ3n) is 4.01. The Bertz CT molecular complexity index is 628. The van der Waals surface area contributed by atoms with Crippen LogP contribution in [0, 0.1) is 5.92 Å². The van der Waals surface area contributed by atoms with Crippen LogP contribution in [0.3, 0.4) is 0 Å². The van der Waals surface area contributed by atoms with Gasteiger partial charge in [0.05, 0.1) is 0 Å². The van der Waals surface area contributed by atoms with E-state index in [4.69, 9.17) is 4.74 Å².